The van der Waals surface area contributed by atoms with Gasteiger partial charge in [0.1, 0.15) is 34.6 Å². The summed E-state index contributed by atoms with van der Waals surface area (Å²) >= 11 is 0. The van der Waals surface area contributed by atoms with Crippen molar-refractivity contribution in [2.75, 3.05) is 45.7 Å². The average molecular weight is 839 g/mol. The number of anilines is 1. The van der Waals surface area contributed by atoms with E-state index in [0.29, 0.717) is 31.0 Å². The lowest BCUT2D eigenvalue weighted by atomic mass is 9.78. The van der Waals surface area contributed by atoms with Crippen LogP contribution < -0.4 is 10.1 Å². The Morgan fingerprint density at radius 3 is 2.23 bits per heavy atom. The van der Waals surface area contributed by atoms with Gasteiger partial charge in [-0.15, -0.1) is 0 Å². The minimum atomic E-state index is -2.10. The second kappa shape index (κ2) is 18.1. The second-order valence-corrected chi connectivity index (χ2v) is 16.3. The molecule has 1 fully saturated rings. The van der Waals surface area contributed by atoms with Crippen LogP contribution in [0.1, 0.15) is 70.0 Å². The Morgan fingerprint density at radius 2 is 1.62 bits per heavy atom. The maximum Gasteiger partial charge on any atom is 0.312 e. The van der Waals surface area contributed by atoms with Crippen LogP contribution in [-0.4, -0.2) is 135 Å². The van der Waals surface area contributed by atoms with Crippen molar-refractivity contribution in [2.24, 2.45) is 23.7 Å². The van der Waals surface area contributed by atoms with Crippen LogP contribution in [0.15, 0.2) is 36.1 Å². The van der Waals surface area contributed by atoms with Gasteiger partial charge >= 0.3 is 11.8 Å². The summed E-state index contributed by atoms with van der Waals surface area (Å²) < 4.78 is 23.5. The number of hydrazone groups is 1. The van der Waals surface area contributed by atoms with Crippen LogP contribution in [0.3, 0.4) is 0 Å². The maximum absolute atomic E-state index is 14.4. The second-order valence-electron chi connectivity index (χ2n) is 16.3. The summed E-state index contributed by atoms with van der Waals surface area (Å²) in [6.45, 7) is 14.1. The van der Waals surface area contributed by atoms with E-state index in [0.717, 1.165) is 6.21 Å². The number of phenols is 3. The van der Waals surface area contributed by atoms with Gasteiger partial charge in [-0.3, -0.25) is 14.4 Å². The molecule has 60 heavy (non-hydrogen) atoms. The van der Waals surface area contributed by atoms with Crippen LogP contribution in [0.25, 0.3) is 10.8 Å². The standard InChI is InChI=1S/C43H58N4O13/c1-21-12-11-13-22(2)42(55)44-33-28(20-47(56)46-17-15-45(9)16-18-46)37(52)30-31(38(33)53)36(51)26(6)40-32(30)41(54)43(8,60-40)58-19-14-29(57-10)23(3)39(59-27(7)48)25(5)35(50)24(4)34(21)49/h11-14,19-21,23-25,29,34-35,39,49-53H,15-18H2,1-10H3,(H,44,55)/b12-11?,19-14?,22-13?,47-20-/t21-,23+,24+,25+,29-,34-,35+,39+,43-/m0/s1. The summed E-state index contributed by atoms with van der Waals surface area (Å²) in [5.74, 6) is -9.04. The zero-order valence-electron chi connectivity index (χ0n) is 35.8. The number of fused-ring (bicyclic) bond motifs is 14. The molecule has 0 saturated carbocycles. The predicted octanol–water partition coefficient (Wildman–Crippen LogP) is 3.85. The van der Waals surface area contributed by atoms with Crippen LogP contribution in [-0.2, 0) is 23.8 Å². The van der Waals surface area contributed by atoms with E-state index in [-0.39, 0.29) is 38.8 Å². The topological polar surface area (TPSA) is 234 Å². The molecule has 1 amide bonds. The third kappa shape index (κ3) is 8.75. The number of hydrazine groups is 1. The van der Waals surface area contributed by atoms with Crippen LogP contribution >= 0.6 is 0 Å². The van der Waals surface area contributed by atoms with E-state index in [9.17, 15) is 45.1 Å². The average Bonchev–Trinajstić information content (AvgIpc) is 3.47. The first-order valence-electron chi connectivity index (χ1n) is 20.0. The zero-order chi connectivity index (χ0) is 44.5. The molecule has 328 valence electrons. The lowest BCUT2D eigenvalue weighted by Gasteiger charge is -2.38. The third-order valence-corrected chi connectivity index (χ3v) is 12.0. The highest BCUT2D eigenvalue weighted by Gasteiger charge is 2.50. The summed E-state index contributed by atoms with van der Waals surface area (Å²) in [4.78, 5) is 43.1. The molecule has 0 spiro atoms. The number of benzene rings is 2. The molecule has 2 aromatic rings. The molecule has 0 unspecified atom stereocenters. The molecule has 4 aliphatic rings. The SMILES string of the molecule is CO[C@H]1C=CO[C@@]2(C)Oc3c(C)c(O)c4c(O)c(c(/C=[N+](\[O-])N5CCN(C)CC5)c(O)c4c3C2=O)NC(=O)C(C)=CC=C[C@H](C)[C@H](O)[C@@H](C)[C@@H](O)[C@@H](C)[C@H](OC(C)=O)[C@@H]1C. The Hall–Kier alpha value is -5.36. The van der Waals surface area contributed by atoms with Gasteiger partial charge in [-0.05, 0) is 27.0 Å². The van der Waals surface area contributed by atoms with E-state index in [1.54, 1.807) is 39.8 Å². The summed E-state index contributed by atoms with van der Waals surface area (Å²) in [5.41, 5.74) is -0.917. The summed E-state index contributed by atoms with van der Waals surface area (Å²) in [6.07, 6.45) is 4.29. The van der Waals surface area contributed by atoms with E-state index >= 15 is 0 Å². The number of hydrogen-bond donors (Lipinski definition) is 6. The summed E-state index contributed by atoms with van der Waals surface area (Å²) in [6, 6.07) is 0. The van der Waals surface area contributed by atoms with Crippen molar-refractivity contribution in [3.8, 4) is 23.0 Å². The molecular weight excluding hydrogens is 780 g/mol. The molecule has 17 heteroatoms. The van der Waals surface area contributed by atoms with Gasteiger partial charge in [0.25, 0.3) is 11.7 Å². The number of aromatic hydroxyl groups is 3. The molecule has 0 aliphatic carbocycles. The summed E-state index contributed by atoms with van der Waals surface area (Å²) in [7, 11) is 3.33. The van der Waals surface area contributed by atoms with Gasteiger partial charge < -0.3 is 59.9 Å². The van der Waals surface area contributed by atoms with Gasteiger partial charge in [0, 0.05) is 74.2 Å². The molecule has 6 N–H and O–H groups in total. The first-order valence-corrected chi connectivity index (χ1v) is 20.0. The number of amides is 1. The highest BCUT2D eigenvalue weighted by atomic mass is 16.7. The number of aliphatic hydroxyl groups excluding tert-OH is 2. The number of ether oxygens (including phenoxy) is 4. The first-order chi connectivity index (χ1) is 28.1. The number of esters is 1. The molecule has 6 rings (SSSR count). The smallest absolute Gasteiger partial charge is 0.312 e. The number of ketones is 1. The Labute approximate surface area is 349 Å². The number of likely N-dealkylation sites (N-methyl/N-ethyl adjacent to an activating group) is 1. The highest BCUT2D eigenvalue weighted by Crippen LogP contribution is 2.55. The monoisotopic (exact) mass is 838 g/mol. The van der Waals surface area contributed by atoms with E-state index in [2.05, 4.69) is 5.32 Å². The van der Waals surface area contributed by atoms with Crippen molar-refractivity contribution < 1.29 is 63.7 Å². The fourth-order valence-electron chi connectivity index (χ4n) is 8.06. The fraction of sp³-hybridized carbons (Fsp3) is 0.535. The highest BCUT2D eigenvalue weighted by molar-refractivity contribution is 6.23. The molecule has 1 saturated heterocycles. The normalized spacial score (nSPS) is 30.0. The zero-order valence-corrected chi connectivity index (χ0v) is 35.8. The number of carbonyl (C=O) groups is 3. The minimum Gasteiger partial charge on any atom is -0.596 e. The molecular formula is C43H58N4O13. The van der Waals surface area contributed by atoms with Gasteiger partial charge in [-0.1, -0.05) is 50.8 Å². The van der Waals surface area contributed by atoms with E-state index < -0.39 is 94.5 Å². The van der Waals surface area contributed by atoms with E-state index in [1.165, 1.54) is 58.2 Å². The first kappa shape index (κ1) is 45.7. The Bertz CT molecular complexity index is 2120. The molecule has 5 bridgehead atoms. The summed E-state index contributed by atoms with van der Waals surface area (Å²) in [5, 5.41) is 75.4. The van der Waals surface area contributed by atoms with Crippen molar-refractivity contribution in [2.45, 2.75) is 85.6 Å². The molecule has 0 aromatic heterocycles. The number of rotatable bonds is 4. The van der Waals surface area contributed by atoms with Crippen LogP contribution in [0.5, 0.6) is 23.0 Å². The van der Waals surface area contributed by atoms with Crippen molar-refractivity contribution in [1.29, 1.82) is 0 Å². The fourth-order valence-corrected chi connectivity index (χ4v) is 8.06. The number of nitrogens with one attached hydrogen (secondary N) is 1. The predicted molar refractivity (Wildman–Crippen MR) is 222 cm³/mol. The molecule has 17 nitrogen and oxygen atoms in total. The minimum absolute atomic E-state index is 0.00572. The Morgan fingerprint density at radius 1 is 0.967 bits per heavy atom. The molecule has 4 aliphatic heterocycles. The Kier molecular flexibility index (Phi) is 13.8. The quantitative estimate of drug-likeness (QED) is 0.0488. The van der Waals surface area contributed by atoms with E-state index in [1.807, 2.05) is 11.9 Å². The molecule has 9 atom stereocenters. The number of allylic oxidation sites excluding steroid dienone is 2. The van der Waals surface area contributed by atoms with Crippen molar-refractivity contribution in [1.82, 2.24) is 9.91 Å². The lowest BCUT2D eigenvalue weighted by molar-refractivity contribution is -0.636. The number of piperazine rings is 1. The van der Waals surface area contributed by atoms with Gasteiger partial charge in [0.05, 0.1) is 48.6 Å². The van der Waals surface area contributed by atoms with Crippen molar-refractivity contribution in [3.05, 3.63) is 58.0 Å². The number of aliphatic hydroxyl groups is 2. The van der Waals surface area contributed by atoms with Gasteiger partial charge in [-0.25, -0.2) is 0 Å². The van der Waals surface area contributed by atoms with Crippen molar-refractivity contribution in [3.63, 3.8) is 0 Å². The molecule has 0 radical (unpaired) electrons. The number of nitrogens with zero attached hydrogens (tertiary/aromatic N) is 3. The number of Topliss-reactive ketones (excluding diaryl/α,β-unsaturated/α-hetero) is 1. The largest absolute Gasteiger partial charge is 0.596 e. The van der Waals surface area contributed by atoms with Crippen LogP contribution in [0.2, 0.25) is 0 Å². The molecule has 2 aromatic carbocycles. The third-order valence-electron chi connectivity index (χ3n) is 12.0. The maximum atomic E-state index is 14.4. The van der Waals surface area contributed by atoms with Crippen LogP contribution in [0, 0.1) is 35.8 Å². The van der Waals surface area contributed by atoms with Crippen LogP contribution in [0.4, 0.5) is 5.69 Å². The van der Waals surface area contributed by atoms with Gasteiger partial charge in [0.2, 0.25) is 6.21 Å². The lowest BCUT2D eigenvalue weighted by Crippen LogP contribution is -2.47. The van der Waals surface area contributed by atoms with Crippen molar-refractivity contribution >= 4 is 40.3 Å². The Balaban J connectivity index is 1.73. The number of phenolic OH excluding ortho intramolecular Hbond substituents is 3. The van der Waals surface area contributed by atoms with E-state index in [4.69, 9.17) is 18.9 Å². The van der Waals surface area contributed by atoms with Gasteiger partial charge in [-0.2, -0.15) is 5.01 Å². The number of methoxy groups -OCH3 is 1. The van der Waals surface area contributed by atoms with Gasteiger partial charge in [0.15, 0.2) is 5.75 Å². The number of carbonyl (C=O) groups excluding carboxylic acids is 3. The molecule has 4 heterocycles. The number of hydrogen-bond acceptors (Lipinski definition) is 15.